The second-order valence-electron chi connectivity index (χ2n) is 6.32. The second-order valence-corrected chi connectivity index (χ2v) is 6.75. The third-order valence-electron chi connectivity index (χ3n) is 4.61. The molecule has 1 aromatic carbocycles. The Morgan fingerprint density at radius 1 is 1.15 bits per heavy atom. The summed E-state index contributed by atoms with van der Waals surface area (Å²) in [5.74, 6) is 1.56. The number of pyridine rings is 1. The van der Waals surface area contributed by atoms with Gasteiger partial charge in [0.25, 0.3) is 0 Å². The van der Waals surface area contributed by atoms with Crippen LogP contribution in [0.1, 0.15) is 22.9 Å². The van der Waals surface area contributed by atoms with Crippen molar-refractivity contribution in [1.29, 1.82) is 0 Å². The molecular formula is C19H15ClN6. The average Bonchev–Trinajstić information content (AvgIpc) is 3.17. The lowest BCUT2D eigenvalue weighted by Gasteiger charge is -2.08. The summed E-state index contributed by atoms with van der Waals surface area (Å²) >= 11 is 6.27. The van der Waals surface area contributed by atoms with Gasteiger partial charge in [-0.1, -0.05) is 17.7 Å². The van der Waals surface area contributed by atoms with Crippen molar-refractivity contribution in [1.82, 2.24) is 29.3 Å². The maximum absolute atomic E-state index is 6.27. The maximum atomic E-state index is 6.27. The van der Waals surface area contributed by atoms with E-state index in [1.807, 2.05) is 54.3 Å². The van der Waals surface area contributed by atoms with E-state index in [0.717, 1.165) is 40.0 Å². The van der Waals surface area contributed by atoms with Crippen LogP contribution in [0.4, 0.5) is 0 Å². The molecule has 0 spiro atoms. The van der Waals surface area contributed by atoms with Gasteiger partial charge in [0.15, 0.2) is 11.6 Å². The Bertz CT molecular complexity index is 1110. The highest BCUT2D eigenvalue weighted by Crippen LogP contribution is 2.33. The summed E-state index contributed by atoms with van der Waals surface area (Å²) in [6, 6.07) is 11.7. The van der Waals surface area contributed by atoms with Gasteiger partial charge in [-0.3, -0.25) is 4.98 Å². The van der Waals surface area contributed by atoms with Gasteiger partial charge in [0.05, 0.1) is 36.4 Å². The van der Waals surface area contributed by atoms with Crippen molar-refractivity contribution in [2.75, 3.05) is 0 Å². The van der Waals surface area contributed by atoms with Gasteiger partial charge in [0, 0.05) is 22.5 Å². The van der Waals surface area contributed by atoms with Crippen molar-refractivity contribution in [3.8, 4) is 17.1 Å². The van der Waals surface area contributed by atoms with Crippen LogP contribution >= 0.6 is 11.6 Å². The summed E-state index contributed by atoms with van der Waals surface area (Å²) in [5, 5.41) is 5.41. The van der Waals surface area contributed by atoms with Crippen LogP contribution in [0.25, 0.3) is 17.1 Å². The lowest BCUT2D eigenvalue weighted by molar-refractivity contribution is 0.663. The Hall–Kier alpha value is -2.99. The zero-order valence-corrected chi connectivity index (χ0v) is 14.9. The van der Waals surface area contributed by atoms with E-state index in [1.54, 1.807) is 6.20 Å². The molecule has 0 fully saturated rings. The Labute approximate surface area is 155 Å². The van der Waals surface area contributed by atoms with E-state index >= 15 is 0 Å². The molecule has 128 valence electrons. The number of aryl methyl sites for hydroxylation is 1. The lowest BCUT2D eigenvalue weighted by Crippen LogP contribution is -2.06. The fourth-order valence-corrected chi connectivity index (χ4v) is 3.51. The molecule has 1 aliphatic rings. The average molecular weight is 363 g/mol. The maximum Gasteiger partial charge on any atom is 0.160 e. The van der Waals surface area contributed by atoms with Gasteiger partial charge in [-0.2, -0.15) is 5.10 Å². The zero-order chi connectivity index (χ0) is 17.7. The first-order valence-corrected chi connectivity index (χ1v) is 8.73. The van der Waals surface area contributed by atoms with Crippen LogP contribution in [0.2, 0.25) is 5.02 Å². The number of rotatable bonds is 2. The summed E-state index contributed by atoms with van der Waals surface area (Å²) in [4.78, 5) is 13.6. The molecule has 0 unspecified atom stereocenters. The summed E-state index contributed by atoms with van der Waals surface area (Å²) in [6.45, 7) is 2.63. The van der Waals surface area contributed by atoms with Crippen LogP contribution in [0, 0.1) is 6.92 Å². The van der Waals surface area contributed by atoms with E-state index in [2.05, 4.69) is 14.5 Å². The highest BCUT2D eigenvalue weighted by atomic mass is 35.5. The smallest absolute Gasteiger partial charge is 0.160 e. The molecule has 0 N–H and O–H groups in total. The summed E-state index contributed by atoms with van der Waals surface area (Å²) in [7, 11) is 0. The van der Waals surface area contributed by atoms with Crippen LogP contribution in [-0.2, 0) is 13.0 Å². The summed E-state index contributed by atoms with van der Waals surface area (Å²) < 4.78 is 4.02. The number of halogens is 1. The quantitative estimate of drug-likeness (QED) is 0.482. The molecule has 5 rings (SSSR count). The number of nitrogens with zero attached hydrogens (tertiary/aromatic N) is 6. The number of hydrogen-bond donors (Lipinski definition) is 0. The van der Waals surface area contributed by atoms with Gasteiger partial charge < -0.3 is 4.57 Å². The minimum absolute atomic E-state index is 0.592. The number of hydrogen-bond acceptors (Lipinski definition) is 4. The highest BCUT2D eigenvalue weighted by Gasteiger charge is 2.24. The van der Waals surface area contributed by atoms with Crippen LogP contribution in [0.5, 0.6) is 0 Å². The molecule has 4 heterocycles. The number of fused-ring (bicyclic) bond motifs is 5. The molecule has 0 radical (unpaired) electrons. The topological polar surface area (TPSA) is 61.4 Å². The third kappa shape index (κ3) is 2.42. The summed E-state index contributed by atoms with van der Waals surface area (Å²) in [5.41, 5.74) is 5.00. The number of imidazole rings is 1. The van der Waals surface area contributed by atoms with Gasteiger partial charge in [-0.25, -0.2) is 14.6 Å². The number of benzene rings is 1. The molecule has 4 aromatic rings. The van der Waals surface area contributed by atoms with Crippen molar-refractivity contribution in [3.05, 3.63) is 76.9 Å². The molecule has 0 amide bonds. The van der Waals surface area contributed by atoms with Gasteiger partial charge >= 0.3 is 0 Å². The first kappa shape index (κ1) is 15.3. The van der Waals surface area contributed by atoms with Crippen LogP contribution in [0.15, 0.2) is 48.9 Å². The predicted molar refractivity (Wildman–Crippen MR) is 98.5 cm³/mol. The Balaban J connectivity index is 1.68. The third-order valence-corrected chi connectivity index (χ3v) is 4.85. The highest BCUT2D eigenvalue weighted by molar-refractivity contribution is 6.31. The lowest BCUT2D eigenvalue weighted by atomic mass is 10.1. The number of aromatic nitrogens is 6. The Kier molecular flexibility index (Phi) is 3.39. The van der Waals surface area contributed by atoms with Crippen molar-refractivity contribution in [2.45, 2.75) is 19.9 Å². The predicted octanol–water partition coefficient (Wildman–Crippen LogP) is 3.44. The zero-order valence-electron chi connectivity index (χ0n) is 14.1. The van der Waals surface area contributed by atoms with E-state index in [4.69, 9.17) is 21.7 Å². The standard InChI is InChI=1S/C19H15ClN6/c1-12-17-10-26-19(23-18(24-26)9-14-4-2-3-7-21-14)15-8-13(20)5-6-16(15)25(17)11-22-12/h2-8,11H,9-10H2,1H3. The Morgan fingerprint density at radius 3 is 2.92 bits per heavy atom. The van der Waals surface area contributed by atoms with E-state index < -0.39 is 0 Å². The van der Waals surface area contributed by atoms with E-state index in [0.29, 0.717) is 18.0 Å². The minimum Gasteiger partial charge on any atom is -0.300 e. The monoisotopic (exact) mass is 362 g/mol. The largest absolute Gasteiger partial charge is 0.300 e. The van der Waals surface area contributed by atoms with Crippen molar-refractivity contribution >= 4 is 11.6 Å². The van der Waals surface area contributed by atoms with Gasteiger partial charge in [-0.15, -0.1) is 0 Å². The van der Waals surface area contributed by atoms with Crippen molar-refractivity contribution < 1.29 is 0 Å². The fourth-order valence-electron chi connectivity index (χ4n) is 3.34. The van der Waals surface area contributed by atoms with Crippen LogP contribution in [-0.4, -0.2) is 29.3 Å². The van der Waals surface area contributed by atoms with Gasteiger partial charge in [0.2, 0.25) is 0 Å². The molecular weight excluding hydrogens is 348 g/mol. The molecule has 1 aliphatic heterocycles. The van der Waals surface area contributed by atoms with E-state index in [9.17, 15) is 0 Å². The molecule has 0 saturated heterocycles. The molecule has 7 heteroatoms. The molecule has 0 bridgehead atoms. The molecule has 0 aliphatic carbocycles. The first-order valence-electron chi connectivity index (χ1n) is 8.36. The summed E-state index contributed by atoms with van der Waals surface area (Å²) in [6.07, 6.45) is 4.22. The minimum atomic E-state index is 0.592. The van der Waals surface area contributed by atoms with Gasteiger partial charge in [0.1, 0.15) is 0 Å². The van der Waals surface area contributed by atoms with Gasteiger partial charge in [-0.05, 0) is 37.3 Å². The SMILES string of the molecule is Cc1ncn2c1Cn1nc(Cc3ccccn3)nc1-c1cc(Cl)ccc1-2. The normalized spacial score (nSPS) is 12.2. The molecule has 3 aromatic heterocycles. The second kappa shape index (κ2) is 5.78. The molecule has 26 heavy (non-hydrogen) atoms. The van der Waals surface area contributed by atoms with Crippen molar-refractivity contribution in [2.24, 2.45) is 0 Å². The fraction of sp³-hybridized carbons (Fsp3) is 0.158. The molecule has 0 saturated carbocycles. The van der Waals surface area contributed by atoms with Crippen LogP contribution < -0.4 is 0 Å². The first-order chi connectivity index (χ1) is 12.7. The molecule has 0 atom stereocenters. The van der Waals surface area contributed by atoms with E-state index in [-0.39, 0.29) is 0 Å². The van der Waals surface area contributed by atoms with Crippen molar-refractivity contribution in [3.63, 3.8) is 0 Å². The van der Waals surface area contributed by atoms with Crippen LogP contribution in [0.3, 0.4) is 0 Å². The molecule has 6 nitrogen and oxygen atoms in total. The van der Waals surface area contributed by atoms with E-state index in [1.165, 1.54) is 0 Å². The Morgan fingerprint density at radius 2 is 2.08 bits per heavy atom.